The van der Waals surface area contributed by atoms with E-state index in [2.05, 4.69) is 25.5 Å². The maximum Gasteiger partial charge on any atom is 0.263 e. The van der Waals surface area contributed by atoms with Gasteiger partial charge in [0, 0.05) is 13.1 Å². The lowest BCUT2D eigenvalue weighted by atomic mass is 10.2. The molecule has 4 aromatic rings. The van der Waals surface area contributed by atoms with E-state index in [1.807, 2.05) is 25.1 Å². The van der Waals surface area contributed by atoms with Crippen LogP contribution in [0.3, 0.4) is 0 Å². The van der Waals surface area contributed by atoms with E-state index in [9.17, 15) is 9.59 Å². The Bertz CT molecular complexity index is 1270. The number of aromatic nitrogens is 6. The average molecular weight is 393 g/mol. The number of carbonyl (C=O) groups excluding carboxylic acids is 1. The smallest absolute Gasteiger partial charge is 0.263 e. The van der Waals surface area contributed by atoms with Gasteiger partial charge in [0.25, 0.3) is 11.5 Å². The Morgan fingerprint density at radius 2 is 2.07 bits per heavy atom. The number of benzene rings is 1. The maximum atomic E-state index is 12.4. The molecule has 3 heterocycles. The van der Waals surface area contributed by atoms with Crippen molar-refractivity contribution in [2.45, 2.75) is 13.8 Å². The van der Waals surface area contributed by atoms with Crippen LogP contribution >= 0.6 is 0 Å². The number of ether oxygens (including phenoxy) is 1. The molecule has 0 bridgehead atoms. The lowest BCUT2D eigenvalue weighted by Crippen LogP contribution is -2.23. The third-order valence-electron chi connectivity index (χ3n) is 4.34. The summed E-state index contributed by atoms with van der Waals surface area (Å²) in [4.78, 5) is 31.8. The minimum absolute atomic E-state index is 0.167. The molecule has 29 heavy (non-hydrogen) atoms. The van der Waals surface area contributed by atoms with Crippen molar-refractivity contribution >= 4 is 22.8 Å². The second-order valence-electron chi connectivity index (χ2n) is 6.58. The van der Waals surface area contributed by atoms with Crippen molar-refractivity contribution < 1.29 is 9.53 Å². The van der Waals surface area contributed by atoms with E-state index < -0.39 is 0 Å². The third kappa shape index (κ3) is 3.59. The van der Waals surface area contributed by atoms with Crippen LogP contribution < -0.4 is 15.6 Å². The Morgan fingerprint density at radius 3 is 2.86 bits per heavy atom. The van der Waals surface area contributed by atoms with Crippen molar-refractivity contribution in [3.63, 3.8) is 0 Å². The van der Waals surface area contributed by atoms with E-state index >= 15 is 0 Å². The monoisotopic (exact) mass is 393 g/mol. The van der Waals surface area contributed by atoms with E-state index in [4.69, 9.17) is 4.74 Å². The lowest BCUT2D eigenvalue weighted by molar-refractivity contribution is -0.118. The topological polar surface area (TPSA) is 120 Å². The van der Waals surface area contributed by atoms with Crippen LogP contribution in [0.2, 0.25) is 0 Å². The molecule has 0 fully saturated rings. The van der Waals surface area contributed by atoms with Gasteiger partial charge in [-0.05, 0) is 25.5 Å². The molecule has 0 aliphatic rings. The van der Waals surface area contributed by atoms with Gasteiger partial charge in [0.1, 0.15) is 17.0 Å². The van der Waals surface area contributed by atoms with Gasteiger partial charge in [0.05, 0.1) is 11.9 Å². The molecular weight excluding hydrogens is 374 g/mol. The number of amides is 1. The first kappa shape index (κ1) is 18.4. The molecule has 0 saturated heterocycles. The molecule has 0 aliphatic heterocycles. The molecule has 0 atom stereocenters. The number of nitrogens with one attached hydrogen (secondary N) is 2. The Morgan fingerprint density at radius 1 is 1.28 bits per heavy atom. The van der Waals surface area contributed by atoms with Crippen LogP contribution in [0.15, 0.2) is 41.3 Å². The van der Waals surface area contributed by atoms with Crippen LogP contribution in [-0.4, -0.2) is 42.0 Å². The van der Waals surface area contributed by atoms with Crippen LogP contribution in [0.1, 0.15) is 11.3 Å². The molecule has 0 radical (unpaired) electrons. The molecule has 10 nitrogen and oxygen atoms in total. The molecule has 0 aliphatic carbocycles. The fraction of sp³-hybridized carbons (Fsp3) is 0.211. The summed E-state index contributed by atoms with van der Waals surface area (Å²) in [5.41, 5.74) is 1.66. The summed E-state index contributed by atoms with van der Waals surface area (Å²) in [5.74, 6) is 0.818. The molecule has 0 saturated carbocycles. The zero-order valence-electron chi connectivity index (χ0n) is 16.1. The number of hydrogen-bond acceptors (Lipinski definition) is 6. The average Bonchev–Trinajstić information content (AvgIpc) is 3.24. The first-order chi connectivity index (χ1) is 13.9. The largest absolute Gasteiger partial charge is 0.483 e. The quantitative estimate of drug-likeness (QED) is 0.530. The van der Waals surface area contributed by atoms with E-state index in [0.717, 1.165) is 5.56 Å². The number of para-hydroxylation sites is 1. The second kappa shape index (κ2) is 7.23. The highest BCUT2D eigenvalue weighted by atomic mass is 16.5. The fourth-order valence-corrected chi connectivity index (χ4v) is 2.91. The minimum Gasteiger partial charge on any atom is -0.483 e. The van der Waals surface area contributed by atoms with Gasteiger partial charge in [-0.25, -0.2) is 0 Å². The van der Waals surface area contributed by atoms with Crippen molar-refractivity contribution in [1.82, 2.24) is 29.5 Å². The minimum atomic E-state index is -0.363. The summed E-state index contributed by atoms with van der Waals surface area (Å²) in [7, 11) is 1.69. The summed E-state index contributed by atoms with van der Waals surface area (Å²) < 4.78 is 8.45. The Kier molecular flexibility index (Phi) is 4.59. The zero-order chi connectivity index (χ0) is 20.5. The molecule has 2 N–H and O–H groups in total. The van der Waals surface area contributed by atoms with Crippen LogP contribution in [0.25, 0.3) is 17.0 Å². The maximum absolute atomic E-state index is 12.4. The highest BCUT2D eigenvalue weighted by Gasteiger charge is 2.16. The standard InChI is InChI=1S/C19H19N7O3/c1-11-6-4-5-7-14(11)29-10-16(27)21-15-8-12(2)24-26(15)19-22-17-13(18(28)23-19)9-20-25(17)3/h4-9H,10H2,1-3H3,(H,21,27)(H,22,23,28). The molecule has 0 unspecified atom stereocenters. The van der Waals surface area contributed by atoms with Gasteiger partial charge in [-0.3, -0.25) is 19.3 Å². The van der Waals surface area contributed by atoms with Crippen molar-refractivity contribution in [3.05, 3.63) is 58.1 Å². The summed E-state index contributed by atoms with van der Waals surface area (Å²) in [6.07, 6.45) is 1.45. The van der Waals surface area contributed by atoms with Gasteiger partial charge in [0.15, 0.2) is 12.3 Å². The summed E-state index contributed by atoms with van der Waals surface area (Å²) in [5, 5.41) is 11.5. The van der Waals surface area contributed by atoms with Gasteiger partial charge < -0.3 is 10.1 Å². The third-order valence-corrected chi connectivity index (χ3v) is 4.34. The number of fused-ring (bicyclic) bond motifs is 1. The second-order valence-corrected chi connectivity index (χ2v) is 6.58. The van der Waals surface area contributed by atoms with Crippen LogP contribution in [-0.2, 0) is 11.8 Å². The molecular formula is C19H19N7O3. The Labute approximate surface area is 165 Å². The number of aryl methyl sites for hydroxylation is 3. The van der Waals surface area contributed by atoms with Crippen molar-refractivity contribution in [2.24, 2.45) is 7.05 Å². The highest BCUT2D eigenvalue weighted by molar-refractivity contribution is 5.91. The van der Waals surface area contributed by atoms with Gasteiger partial charge in [-0.1, -0.05) is 18.2 Å². The normalized spacial score (nSPS) is 11.0. The zero-order valence-corrected chi connectivity index (χ0v) is 16.1. The number of anilines is 1. The molecule has 148 valence electrons. The first-order valence-corrected chi connectivity index (χ1v) is 8.90. The molecule has 0 spiro atoms. The lowest BCUT2D eigenvalue weighted by Gasteiger charge is -2.10. The highest BCUT2D eigenvalue weighted by Crippen LogP contribution is 2.17. The number of rotatable bonds is 5. The number of carbonyl (C=O) groups is 1. The SMILES string of the molecule is Cc1cc(NC(=O)COc2ccccc2C)n(-c2nc3c(cnn3C)c(=O)[nH]2)n1. The van der Waals surface area contributed by atoms with Gasteiger partial charge >= 0.3 is 0 Å². The molecule has 1 aromatic carbocycles. The fourth-order valence-electron chi connectivity index (χ4n) is 2.91. The van der Waals surface area contributed by atoms with Crippen LogP contribution in [0.4, 0.5) is 5.82 Å². The molecule has 10 heteroatoms. The van der Waals surface area contributed by atoms with E-state index in [0.29, 0.717) is 28.3 Å². The predicted molar refractivity (Wildman–Crippen MR) is 106 cm³/mol. The summed E-state index contributed by atoms with van der Waals surface area (Å²) >= 11 is 0. The molecule has 4 rings (SSSR count). The van der Waals surface area contributed by atoms with Crippen molar-refractivity contribution in [3.8, 4) is 11.7 Å². The van der Waals surface area contributed by atoms with E-state index in [1.165, 1.54) is 15.6 Å². The summed E-state index contributed by atoms with van der Waals surface area (Å²) in [6, 6.07) is 9.13. The number of aromatic amines is 1. The van der Waals surface area contributed by atoms with Crippen molar-refractivity contribution in [1.29, 1.82) is 0 Å². The van der Waals surface area contributed by atoms with Crippen LogP contribution in [0, 0.1) is 13.8 Å². The number of H-pyrrole nitrogens is 1. The van der Waals surface area contributed by atoms with Gasteiger partial charge in [0.2, 0.25) is 5.95 Å². The number of hydrogen-bond donors (Lipinski definition) is 2. The van der Waals surface area contributed by atoms with E-state index in [-0.39, 0.29) is 24.0 Å². The Hall–Kier alpha value is -3.95. The van der Waals surface area contributed by atoms with E-state index in [1.54, 1.807) is 26.1 Å². The summed E-state index contributed by atoms with van der Waals surface area (Å²) in [6.45, 7) is 3.51. The predicted octanol–water partition coefficient (Wildman–Crippen LogP) is 1.48. The first-order valence-electron chi connectivity index (χ1n) is 8.90. The van der Waals surface area contributed by atoms with Gasteiger partial charge in [-0.2, -0.15) is 19.9 Å². The van der Waals surface area contributed by atoms with Crippen molar-refractivity contribution in [2.75, 3.05) is 11.9 Å². The molecule has 3 aromatic heterocycles. The molecule has 1 amide bonds. The number of nitrogens with zero attached hydrogens (tertiary/aromatic N) is 5. The Balaban J connectivity index is 1.59. The van der Waals surface area contributed by atoms with Crippen LogP contribution in [0.5, 0.6) is 5.75 Å². The van der Waals surface area contributed by atoms with Gasteiger partial charge in [-0.15, -0.1) is 0 Å².